The van der Waals surface area contributed by atoms with Crippen molar-refractivity contribution in [2.24, 2.45) is 0 Å². The molecule has 2 aromatic rings. The summed E-state index contributed by atoms with van der Waals surface area (Å²) in [4.78, 5) is 0. The van der Waals surface area contributed by atoms with E-state index in [0.29, 0.717) is 17.2 Å². The van der Waals surface area contributed by atoms with Gasteiger partial charge >= 0.3 is 0 Å². The summed E-state index contributed by atoms with van der Waals surface area (Å²) in [6.45, 7) is 0.687. The van der Waals surface area contributed by atoms with Crippen molar-refractivity contribution in [3.8, 4) is 0 Å². The number of ether oxygens (including phenoxy) is 2. The lowest BCUT2D eigenvalue weighted by Gasteiger charge is -2.12. The third-order valence-corrected chi connectivity index (χ3v) is 4.01. The first-order valence-electron chi connectivity index (χ1n) is 6.95. The maximum Gasteiger partial charge on any atom is 0.130 e. The molecule has 2 unspecified atom stereocenters. The van der Waals surface area contributed by atoms with Crippen molar-refractivity contribution in [3.63, 3.8) is 0 Å². The molecule has 2 atom stereocenters. The minimum Gasteiger partial charge on any atom is -0.371 e. The van der Waals surface area contributed by atoms with Gasteiger partial charge in [-0.1, -0.05) is 48.0 Å². The number of halogens is 2. The smallest absolute Gasteiger partial charge is 0.130 e. The fourth-order valence-corrected chi connectivity index (χ4v) is 2.70. The zero-order chi connectivity index (χ0) is 14.7. The first-order chi connectivity index (χ1) is 10.2. The van der Waals surface area contributed by atoms with Gasteiger partial charge in [0.2, 0.25) is 0 Å². The summed E-state index contributed by atoms with van der Waals surface area (Å²) in [6, 6.07) is 14.7. The van der Waals surface area contributed by atoms with Crippen molar-refractivity contribution in [1.82, 2.24) is 0 Å². The monoisotopic (exact) mass is 306 g/mol. The molecule has 1 heterocycles. The second-order valence-electron chi connectivity index (χ2n) is 5.10. The largest absolute Gasteiger partial charge is 0.371 e. The van der Waals surface area contributed by atoms with Gasteiger partial charge in [-0.05, 0) is 17.7 Å². The molecule has 110 valence electrons. The summed E-state index contributed by atoms with van der Waals surface area (Å²) in [5, 5.41) is 0.397. The number of hydrogen-bond donors (Lipinski definition) is 0. The molecule has 0 N–H and O–H groups in total. The van der Waals surface area contributed by atoms with E-state index in [1.165, 1.54) is 6.07 Å². The lowest BCUT2D eigenvalue weighted by atomic mass is 10.1. The van der Waals surface area contributed by atoms with Crippen LogP contribution in [0, 0.1) is 5.82 Å². The molecular formula is C17H16ClFO2. The molecule has 2 aromatic carbocycles. The number of hydrogen-bond acceptors (Lipinski definition) is 2. The van der Waals surface area contributed by atoms with Crippen molar-refractivity contribution >= 4 is 11.6 Å². The van der Waals surface area contributed by atoms with Crippen molar-refractivity contribution in [2.45, 2.75) is 25.2 Å². The predicted molar refractivity (Wildman–Crippen MR) is 79.7 cm³/mol. The zero-order valence-corrected chi connectivity index (χ0v) is 12.2. The summed E-state index contributed by atoms with van der Waals surface area (Å²) >= 11 is 5.99. The van der Waals surface area contributed by atoms with Crippen molar-refractivity contribution in [3.05, 3.63) is 70.5 Å². The van der Waals surface area contributed by atoms with Crippen LogP contribution < -0.4 is 0 Å². The van der Waals surface area contributed by atoms with Crippen molar-refractivity contribution in [2.75, 3.05) is 6.61 Å². The van der Waals surface area contributed by atoms with Gasteiger partial charge in [-0.25, -0.2) is 4.39 Å². The fourth-order valence-electron chi connectivity index (χ4n) is 2.49. The molecule has 1 aliphatic rings. The lowest BCUT2D eigenvalue weighted by Crippen LogP contribution is -2.12. The standard InChI is InChI=1S/C17H16ClFO2/c18-15-7-4-8-16(19)14(15)11-20-13-9-17(21-10-13)12-5-2-1-3-6-12/h1-8,13,17H,9-11H2. The molecule has 2 nitrogen and oxygen atoms in total. The summed E-state index contributed by atoms with van der Waals surface area (Å²) in [6.07, 6.45) is 0.786. The van der Waals surface area contributed by atoms with Crippen molar-refractivity contribution in [1.29, 1.82) is 0 Å². The van der Waals surface area contributed by atoms with Gasteiger partial charge in [0, 0.05) is 17.0 Å². The van der Waals surface area contributed by atoms with Crippen LogP contribution in [0.5, 0.6) is 0 Å². The fraction of sp³-hybridized carbons (Fsp3) is 0.294. The van der Waals surface area contributed by atoms with Gasteiger partial charge in [0.1, 0.15) is 5.82 Å². The van der Waals surface area contributed by atoms with Crippen LogP contribution in [-0.4, -0.2) is 12.7 Å². The van der Waals surface area contributed by atoms with E-state index >= 15 is 0 Å². The minimum absolute atomic E-state index is 0.0362. The molecule has 0 saturated carbocycles. The Bertz CT molecular complexity index is 583. The molecule has 21 heavy (non-hydrogen) atoms. The second kappa shape index (κ2) is 6.56. The maximum absolute atomic E-state index is 13.7. The molecule has 1 saturated heterocycles. The summed E-state index contributed by atoms with van der Waals surface area (Å²) in [7, 11) is 0. The molecular weight excluding hydrogens is 291 g/mol. The van der Waals surface area contributed by atoms with E-state index in [2.05, 4.69) is 0 Å². The van der Waals surface area contributed by atoms with E-state index in [0.717, 1.165) is 12.0 Å². The van der Waals surface area contributed by atoms with Crippen LogP contribution in [0.3, 0.4) is 0 Å². The Morgan fingerprint density at radius 1 is 1.14 bits per heavy atom. The topological polar surface area (TPSA) is 18.5 Å². The van der Waals surface area contributed by atoms with Crippen LogP contribution in [-0.2, 0) is 16.1 Å². The third kappa shape index (κ3) is 3.43. The Morgan fingerprint density at radius 3 is 2.71 bits per heavy atom. The number of rotatable bonds is 4. The highest BCUT2D eigenvalue weighted by molar-refractivity contribution is 6.31. The van der Waals surface area contributed by atoms with E-state index in [4.69, 9.17) is 21.1 Å². The molecule has 4 heteroatoms. The first kappa shape index (κ1) is 14.5. The molecule has 1 fully saturated rings. The molecule has 0 spiro atoms. The van der Waals surface area contributed by atoms with Gasteiger partial charge in [0.05, 0.1) is 25.4 Å². The van der Waals surface area contributed by atoms with Gasteiger partial charge in [0.15, 0.2) is 0 Å². The first-order valence-corrected chi connectivity index (χ1v) is 7.33. The Morgan fingerprint density at radius 2 is 1.95 bits per heavy atom. The highest BCUT2D eigenvalue weighted by Gasteiger charge is 2.27. The van der Waals surface area contributed by atoms with E-state index in [-0.39, 0.29) is 24.6 Å². The van der Waals surface area contributed by atoms with Gasteiger partial charge in [-0.3, -0.25) is 0 Å². The average Bonchev–Trinajstić information content (AvgIpc) is 2.97. The zero-order valence-electron chi connectivity index (χ0n) is 11.5. The minimum atomic E-state index is -0.332. The second-order valence-corrected chi connectivity index (χ2v) is 5.51. The molecule has 0 radical (unpaired) electrons. The summed E-state index contributed by atoms with van der Waals surface area (Å²) in [5.74, 6) is -0.332. The highest BCUT2D eigenvalue weighted by atomic mass is 35.5. The summed E-state index contributed by atoms with van der Waals surface area (Å²) in [5.41, 5.74) is 1.55. The Hall–Kier alpha value is -1.42. The normalized spacial score (nSPS) is 21.6. The van der Waals surface area contributed by atoms with Crippen LogP contribution in [0.1, 0.15) is 23.7 Å². The van der Waals surface area contributed by atoms with E-state index < -0.39 is 0 Å². The molecule has 0 amide bonds. The molecule has 0 aliphatic carbocycles. The average molecular weight is 307 g/mol. The molecule has 1 aliphatic heterocycles. The van der Waals surface area contributed by atoms with Crippen molar-refractivity contribution < 1.29 is 13.9 Å². The molecule has 3 rings (SSSR count). The van der Waals surface area contributed by atoms with Crippen LogP contribution >= 0.6 is 11.6 Å². The predicted octanol–water partition coefficient (Wildman–Crippen LogP) is 4.53. The quantitative estimate of drug-likeness (QED) is 0.826. The van der Waals surface area contributed by atoms with Gasteiger partial charge < -0.3 is 9.47 Å². The van der Waals surface area contributed by atoms with Crippen LogP contribution in [0.2, 0.25) is 5.02 Å². The number of benzene rings is 2. The van der Waals surface area contributed by atoms with Crippen LogP contribution in [0.4, 0.5) is 4.39 Å². The van der Waals surface area contributed by atoms with Crippen LogP contribution in [0.15, 0.2) is 48.5 Å². The van der Waals surface area contributed by atoms with E-state index in [9.17, 15) is 4.39 Å². The van der Waals surface area contributed by atoms with Crippen LogP contribution in [0.25, 0.3) is 0 Å². The Labute approximate surface area is 128 Å². The maximum atomic E-state index is 13.7. The Kier molecular flexibility index (Phi) is 4.54. The van der Waals surface area contributed by atoms with Gasteiger partial charge in [-0.2, -0.15) is 0 Å². The Balaban J connectivity index is 1.58. The molecule has 0 bridgehead atoms. The van der Waals surface area contributed by atoms with E-state index in [1.807, 2.05) is 30.3 Å². The third-order valence-electron chi connectivity index (χ3n) is 3.66. The summed E-state index contributed by atoms with van der Waals surface area (Å²) < 4.78 is 25.2. The molecule has 0 aromatic heterocycles. The SMILES string of the molecule is Fc1cccc(Cl)c1COC1COC(c2ccccc2)C1. The van der Waals surface area contributed by atoms with Gasteiger partial charge in [-0.15, -0.1) is 0 Å². The lowest BCUT2D eigenvalue weighted by molar-refractivity contribution is 0.0264. The van der Waals surface area contributed by atoms with Gasteiger partial charge in [0.25, 0.3) is 0 Å². The van der Waals surface area contributed by atoms with E-state index in [1.54, 1.807) is 12.1 Å². The highest BCUT2D eigenvalue weighted by Crippen LogP contribution is 2.31.